The first-order chi connectivity index (χ1) is 10.1. The Balaban J connectivity index is 1.84. The van der Waals surface area contributed by atoms with Crippen LogP contribution in [0.15, 0.2) is 6.07 Å². The van der Waals surface area contributed by atoms with Crippen molar-refractivity contribution in [3.05, 3.63) is 23.0 Å². The molecule has 0 radical (unpaired) electrons. The fraction of sp³-hybridized carbons (Fsp3) is 0.765. The molecule has 116 valence electrons. The van der Waals surface area contributed by atoms with Gasteiger partial charge in [0.1, 0.15) is 0 Å². The van der Waals surface area contributed by atoms with Crippen molar-refractivity contribution in [2.75, 3.05) is 13.7 Å². The molecule has 2 aliphatic rings. The van der Waals surface area contributed by atoms with Gasteiger partial charge in [0.25, 0.3) is 0 Å². The maximum Gasteiger partial charge on any atom is 0.0686 e. The topological polar surface area (TPSA) is 47.0 Å². The third-order valence-corrected chi connectivity index (χ3v) is 5.30. The summed E-state index contributed by atoms with van der Waals surface area (Å²) in [5.74, 6) is 0.629. The average Bonchev–Trinajstić information content (AvgIpc) is 2.91. The zero-order chi connectivity index (χ0) is 14.9. The summed E-state index contributed by atoms with van der Waals surface area (Å²) in [6, 6.07) is 2.56. The molecule has 1 aromatic heterocycles. The van der Waals surface area contributed by atoms with Crippen LogP contribution in [0.1, 0.15) is 61.5 Å². The molecule has 1 saturated carbocycles. The van der Waals surface area contributed by atoms with Gasteiger partial charge in [0.15, 0.2) is 0 Å². The molecule has 1 saturated heterocycles. The molecule has 1 aliphatic carbocycles. The zero-order valence-electron chi connectivity index (χ0n) is 13.5. The van der Waals surface area contributed by atoms with Crippen LogP contribution in [0.2, 0.25) is 0 Å². The summed E-state index contributed by atoms with van der Waals surface area (Å²) in [7, 11) is 2.07. The summed E-state index contributed by atoms with van der Waals surface area (Å²) in [6.07, 6.45) is 7.45. The van der Waals surface area contributed by atoms with E-state index in [0.29, 0.717) is 12.0 Å². The first-order valence-corrected chi connectivity index (χ1v) is 8.26. The molecule has 4 heteroatoms. The molecule has 0 aromatic carbocycles. The van der Waals surface area contributed by atoms with Gasteiger partial charge in [0, 0.05) is 12.6 Å². The fourth-order valence-corrected chi connectivity index (χ4v) is 4.25. The van der Waals surface area contributed by atoms with Crippen LogP contribution in [-0.2, 0) is 4.74 Å². The number of aromatic nitrogens is 2. The van der Waals surface area contributed by atoms with Crippen molar-refractivity contribution in [3.63, 3.8) is 0 Å². The maximum atomic E-state index is 6.19. The number of rotatable bonds is 3. The minimum Gasteiger partial charge on any atom is -0.375 e. The van der Waals surface area contributed by atoms with E-state index < -0.39 is 0 Å². The SMILES string of the molecule is CNC(c1cc(C)nnc1C)C1CCOC2(CCCC2)C1. The third kappa shape index (κ3) is 2.97. The number of aryl methyl sites for hydroxylation is 2. The van der Waals surface area contributed by atoms with Crippen molar-refractivity contribution in [2.24, 2.45) is 5.92 Å². The van der Waals surface area contributed by atoms with Crippen molar-refractivity contribution in [2.45, 2.75) is 64.0 Å². The van der Waals surface area contributed by atoms with Crippen LogP contribution in [0.4, 0.5) is 0 Å². The molecular weight excluding hydrogens is 262 g/mol. The summed E-state index contributed by atoms with van der Waals surface area (Å²) in [5.41, 5.74) is 3.52. The predicted octanol–water partition coefficient (Wildman–Crippen LogP) is 3.09. The van der Waals surface area contributed by atoms with E-state index in [9.17, 15) is 0 Å². The molecule has 4 nitrogen and oxygen atoms in total. The number of nitrogens with one attached hydrogen (secondary N) is 1. The Bertz CT molecular complexity index is 497. The Hall–Kier alpha value is -1.00. The smallest absolute Gasteiger partial charge is 0.0686 e. The van der Waals surface area contributed by atoms with Crippen molar-refractivity contribution in [1.29, 1.82) is 0 Å². The van der Waals surface area contributed by atoms with E-state index in [2.05, 4.69) is 35.6 Å². The average molecular weight is 289 g/mol. The molecule has 0 bridgehead atoms. The van der Waals surface area contributed by atoms with Crippen LogP contribution < -0.4 is 5.32 Å². The Morgan fingerprint density at radius 1 is 1.29 bits per heavy atom. The van der Waals surface area contributed by atoms with Crippen molar-refractivity contribution < 1.29 is 4.74 Å². The minimum atomic E-state index is 0.168. The molecule has 0 amide bonds. The van der Waals surface area contributed by atoms with Crippen LogP contribution in [0.25, 0.3) is 0 Å². The van der Waals surface area contributed by atoms with E-state index in [4.69, 9.17) is 4.74 Å². The van der Waals surface area contributed by atoms with Crippen molar-refractivity contribution in [3.8, 4) is 0 Å². The molecule has 2 fully saturated rings. The van der Waals surface area contributed by atoms with Gasteiger partial charge in [-0.3, -0.25) is 0 Å². The van der Waals surface area contributed by atoms with Gasteiger partial charge in [0.05, 0.1) is 17.0 Å². The van der Waals surface area contributed by atoms with Gasteiger partial charge < -0.3 is 10.1 Å². The lowest BCUT2D eigenvalue weighted by Gasteiger charge is -2.41. The fourth-order valence-electron chi connectivity index (χ4n) is 4.25. The molecule has 21 heavy (non-hydrogen) atoms. The van der Waals surface area contributed by atoms with Crippen LogP contribution >= 0.6 is 0 Å². The van der Waals surface area contributed by atoms with Crippen LogP contribution in [0.3, 0.4) is 0 Å². The van der Waals surface area contributed by atoms with E-state index >= 15 is 0 Å². The Kier molecular flexibility index (Phi) is 4.27. The standard InChI is InChI=1S/C17H27N3O/c1-12-10-15(13(2)20-19-12)16(18-3)14-6-9-21-17(11-14)7-4-5-8-17/h10,14,16,18H,4-9,11H2,1-3H3. The highest BCUT2D eigenvalue weighted by Crippen LogP contribution is 2.45. The lowest BCUT2D eigenvalue weighted by molar-refractivity contribution is -0.0979. The van der Waals surface area contributed by atoms with Crippen molar-refractivity contribution in [1.82, 2.24) is 15.5 Å². The summed E-state index contributed by atoms with van der Waals surface area (Å²) in [5, 5.41) is 12.0. The van der Waals surface area contributed by atoms with Gasteiger partial charge >= 0.3 is 0 Å². The molecule has 1 aliphatic heterocycles. The molecule has 2 atom stereocenters. The predicted molar refractivity (Wildman–Crippen MR) is 83.2 cm³/mol. The lowest BCUT2D eigenvalue weighted by Crippen LogP contribution is -2.41. The van der Waals surface area contributed by atoms with Crippen LogP contribution in [0, 0.1) is 19.8 Å². The van der Waals surface area contributed by atoms with Crippen LogP contribution in [-0.4, -0.2) is 29.5 Å². The van der Waals surface area contributed by atoms with Gasteiger partial charge in [-0.1, -0.05) is 12.8 Å². The van der Waals surface area contributed by atoms with Crippen molar-refractivity contribution >= 4 is 0 Å². The van der Waals surface area contributed by atoms with Gasteiger partial charge in [0.2, 0.25) is 0 Å². The normalized spacial score (nSPS) is 26.1. The lowest BCUT2D eigenvalue weighted by atomic mass is 9.78. The molecule has 3 rings (SSSR count). The monoisotopic (exact) mass is 289 g/mol. The molecule has 2 unspecified atom stereocenters. The van der Waals surface area contributed by atoms with E-state index in [1.807, 2.05) is 6.92 Å². The molecule has 1 spiro atoms. The number of nitrogens with zero attached hydrogens (tertiary/aromatic N) is 2. The largest absolute Gasteiger partial charge is 0.375 e. The Labute approximate surface area is 127 Å². The van der Waals surface area contributed by atoms with Crippen LogP contribution in [0.5, 0.6) is 0 Å². The first kappa shape index (κ1) is 14.9. The first-order valence-electron chi connectivity index (χ1n) is 8.26. The quantitative estimate of drug-likeness (QED) is 0.929. The zero-order valence-corrected chi connectivity index (χ0v) is 13.5. The summed E-state index contributed by atoms with van der Waals surface area (Å²) < 4.78 is 6.19. The van der Waals surface area contributed by atoms with Gasteiger partial charge in [-0.05, 0) is 64.1 Å². The van der Waals surface area contributed by atoms with E-state index in [1.54, 1.807) is 0 Å². The van der Waals surface area contributed by atoms with Gasteiger partial charge in [-0.25, -0.2) is 0 Å². The number of ether oxygens (including phenoxy) is 1. The highest BCUT2D eigenvalue weighted by atomic mass is 16.5. The summed E-state index contributed by atoms with van der Waals surface area (Å²) >= 11 is 0. The molecule has 2 heterocycles. The Morgan fingerprint density at radius 3 is 2.76 bits per heavy atom. The van der Waals surface area contributed by atoms with E-state index in [-0.39, 0.29) is 5.60 Å². The van der Waals surface area contributed by atoms with Gasteiger partial charge in [-0.15, -0.1) is 0 Å². The summed E-state index contributed by atoms with van der Waals surface area (Å²) in [6.45, 7) is 4.99. The molecule has 1 aromatic rings. The number of hydrogen-bond acceptors (Lipinski definition) is 4. The minimum absolute atomic E-state index is 0.168. The highest BCUT2D eigenvalue weighted by Gasteiger charge is 2.42. The van der Waals surface area contributed by atoms with E-state index in [0.717, 1.165) is 24.4 Å². The molecular formula is C17H27N3O. The Morgan fingerprint density at radius 2 is 2.05 bits per heavy atom. The number of hydrogen-bond donors (Lipinski definition) is 1. The third-order valence-electron chi connectivity index (χ3n) is 5.30. The second-order valence-corrected chi connectivity index (χ2v) is 6.78. The molecule has 1 N–H and O–H groups in total. The second kappa shape index (κ2) is 6.01. The van der Waals surface area contributed by atoms with Gasteiger partial charge in [-0.2, -0.15) is 10.2 Å². The second-order valence-electron chi connectivity index (χ2n) is 6.78. The highest BCUT2D eigenvalue weighted by molar-refractivity contribution is 5.24. The summed E-state index contributed by atoms with van der Waals surface area (Å²) in [4.78, 5) is 0. The maximum absolute atomic E-state index is 6.19. The van der Waals surface area contributed by atoms with E-state index in [1.165, 1.54) is 37.7 Å².